The molecular formula is C22H20ClNO3. The number of carbonyl (C=O) groups excluding carboxylic acids is 1. The molecule has 0 unspecified atom stereocenters. The number of aryl methyl sites for hydroxylation is 2. The highest BCUT2D eigenvalue weighted by atomic mass is 35.5. The average Bonchev–Trinajstić information content (AvgIpc) is 3.32. The summed E-state index contributed by atoms with van der Waals surface area (Å²) in [7, 11) is 0. The van der Waals surface area contributed by atoms with Crippen molar-refractivity contribution in [2.24, 2.45) is 0 Å². The molecule has 1 N–H and O–H groups in total. The van der Waals surface area contributed by atoms with Gasteiger partial charge in [0.1, 0.15) is 18.1 Å². The lowest BCUT2D eigenvalue weighted by Gasteiger charge is -2.08. The van der Waals surface area contributed by atoms with Crippen molar-refractivity contribution < 1.29 is 13.9 Å². The van der Waals surface area contributed by atoms with Gasteiger partial charge in [-0.3, -0.25) is 4.79 Å². The second-order valence-electron chi connectivity index (χ2n) is 6.71. The van der Waals surface area contributed by atoms with Crippen LogP contribution in [0.1, 0.15) is 39.4 Å². The first kappa shape index (κ1) is 17.7. The minimum absolute atomic E-state index is 0.238. The molecule has 4 rings (SSSR count). The Morgan fingerprint density at radius 3 is 2.89 bits per heavy atom. The molecule has 0 radical (unpaired) electrons. The molecule has 1 aromatic heterocycles. The van der Waals surface area contributed by atoms with E-state index in [1.807, 2.05) is 13.0 Å². The van der Waals surface area contributed by atoms with Crippen molar-refractivity contribution in [3.63, 3.8) is 0 Å². The molecular weight excluding hydrogens is 362 g/mol. The van der Waals surface area contributed by atoms with Crippen LogP contribution in [0.3, 0.4) is 0 Å². The second-order valence-corrected chi connectivity index (χ2v) is 7.11. The number of anilines is 1. The van der Waals surface area contributed by atoms with E-state index in [2.05, 4.69) is 17.4 Å². The van der Waals surface area contributed by atoms with Gasteiger partial charge in [-0.15, -0.1) is 0 Å². The lowest BCUT2D eigenvalue weighted by molar-refractivity contribution is 0.0992. The van der Waals surface area contributed by atoms with Crippen LogP contribution >= 0.6 is 11.6 Å². The topological polar surface area (TPSA) is 51.5 Å². The van der Waals surface area contributed by atoms with Gasteiger partial charge < -0.3 is 14.5 Å². The average molecular weight is 382 g/mol. The summed E-state index contributed by atoms with van der Waals surface area (Å²) in [6.45, 7) is 2.14. The van der Waals surface area contributed by atoms with Crippen LogP contribution in [-0.2, 0) is 19.4 Å². The Kier molecular flexibility index (Phi) is 4.90. The third kappa shape index (κ3) is 3.86. The van der Waals surface area contributed by atoms with E-state index in [9.17, 15) is 4.79 Å². The fraction of sp³-hybridized carbons (Fsp3) is 0.227. The fourth-order valence-electron chi connectivity index (χ4n) is 3.30. The first-order valence-electron chi connectivity index (χ1n) is 9.00. The SMILES string of the molecule is Cc1c(Cl)cccc1NC(=O)c1ccc(COc2ccc3c(c2)CCC3)o1. The highest BCUT2D eigenvalue weighted by Crippen LogP contribution is 2.27. The molecule has 4 nitrogen and oxygen atoms in total. The zero-order valence-corrected chi connectivity index (χ0v) is 15.8. The molecule has 1 heterocycles. The summed E-state index contributed by atoms with van der Waals surface area (Å²) < 4.78 is 11.5. The van der Waals surface area contributed by atoms with Gasteiger partial charge in [0.05, 0.1) is 0 Å². The van der Waals surface area contributed by atoms with Gasteiger partial charge in [0.2, 0.25) is 0 Å². The molecule has 0 aliphatic heterocycles. The molecule has 0 atom stereocenters. The van der Waals surface area contributed by atoms with E-state index in [1.165, 1.54) is 17.5 Å². The van der Waals surface area contributed by atoms with E-state index in [-0.39, 0.29) is 18.3 Å². The van der Waals surface area contributed by atoms with Crippen molar-refractivity contribution >= 4 is 23.2 Å². The van der Waals surface area contributed by atoms with Crippen LogP contribution < -0.4 is 10.1 Å². The molecule has 0 bridgehead atoms. The lowest BCUT2D eigenvalue weighted by atomic mass is 10.1. The van der Waals surface area contributed by atoms with Gasteiger partial charge in [0, 0.05) is 10.7 Å². The maximum atomic E-state index is 12.4. The van der Waals surface area contributed by atoms with E-state index >= 15 is 0 Å². The minimum Gasteiger partial charge on any atom is -0.486 e. The zero-order chi connectivity index (χ0) is 18.8. The molecule has 1 aliphatic rings. The number of rotatable bonds is 5. The molecule has 5 heteroatoms. The molecule has 138 valence electrons. The van der Waals surface area contributed by atoms with Crippen LogP contribution in [-0.4, -0.2) is 5.91 Å². The number of benzene rings is 2. The second kappa shape index (κ2) is 7.49. The monoisotopic (exact) mass is 381 g/mol. The molecule has 1 amide bonds. The first-order chi connectivity index (χ1) is 13.1. The number of fused-ring (bicyclic) bond motifs is 1. The molecule has 1 aliphatic carbocycles. The smallest absolute Gasteiger partial charge is 0.291 e. The van der Waals surface area contributed by atoms with E-state index in [1.54, 1.807) is 30.3 Å². The van der Waals surface area contributed by atoms with Crippen molar-refractivity contribution in [3.8, 4) is 5.75 Å². The number of hydrogen-bond donors (Lipinski definition) is 1. The molecule has 2 aromatic carbocycles. The number of furan rings is 1. The summed E-state index contributed by atoms with van der Waals surface area (Å²) in [6, 6.07) is 15.0. The van der Waals surface area contributed by atoms with Crippen LogP contribution in [0.4, 0.5) is 5.69 Å². The Hall–Kier alpha value is -2.72. The van der Waals surface area contributed by atoms with Crippen LogP contribution in [0.2, 0.25) is 5.02 Å². The summed E-state index contributed by atoms with van der Waals surface area (Å²) in [5.74, 6) is 1.35. The number of hydrogen-bond acceptors (Lipinski definition) is 3. The van der Waals surface area contributed by atoms with Crippen molar-refractivity contribution in [3.05, 3.63) is 81.8 Å². The van der Waals surface area contributed by atoms with E-state index < -0.39 is 0 Å². The van der Waals surface area contributed by atoms with Crippen LogP contribution in [0.25, 0.3) is 0 Å². The number of nitrogens with one attached hydrogen (secondary N) is 1. The zero-order valence-electron chi connectivity index (χ0n) is 15.0. The normalized spacial score (nSPS) is 12.7. The van der Waals surface area contributed by atoms with Gasteiger partial charge in [0.25, 0.3) is 5.91 Å². The van der Waals surface area contributed by atoms with Gasteiger partial charge in [-0.1, -0.05) is 23.7 Å². The standard InChI is InChI=1S/C22H20ClNO3/c1-14-19(23)6-3-7-20(14)24-22(25)21-11-10-18(27-21)13-26-17-9-8-15-4-2-5-16(15)12-17/h3,6-12H,2,4-5,13H2,1H3,(H,24,25). The van der Waals surface area contributed by atoms with Crippen molar-refractivity contribution in [1.82, 2.24) is 0 Å². The minimum atomic E-state index is -0.316. The Morgan fingerprint density at radius 2 is 2.00 bits per heavy atom. The predicted molar refractivity (Wildman–Crippen MR) is 106 cm³/mol. The Bertz CT molecular complexity index is 993. The summed E-state index contributed by atoms with van der Waals surface area (Å²) in [4.78, 5) is 12.4. The largest absolute Gasteiger partial charge is 0.486 e. The third-order valence-electron chi connectivity index (χ3n) is 4.85. The third-order valence-corrected chi connectivity index (χ3v) is 5.26. The summed E-state index contributed by atoms with van der Waals surface area (Å²) >= 11 is 6.09. The van der Waals surface area contributed by atoms with Crippen LogP contribution in [0, 0.1) is 6.92 Å². The number of amides is 1. The predicted octanol–water partition coefficient (Wildman–Crippen LogP) is 5.56. The quantitative estimate of drug-likeness (QED) is 0.629. The van der Waals surface area contributed by atoms with Gasteiger partial charge in [-0.25, -0.2) is 0 Å². The van der Waals surface area contributed by atoms with Gasteiger partial charge in [-0.05, 0) is 79.3 Å². The van der Waals surface area contributed by atoms with Crippen LogP contribution in [0.15, 0.2) is 52.9 Å². The van der Waals surface area contributed by atoms with E-state index in [4.69, 9.17) is 20.8 Å². The molecule has 0 saturated carbocycles. The number of halogens is 1. The first-order valence-corrected chi connectivity index (χ1v) is 9.38. The molecule has 0 fully saturated rings. The fourth-order valence-corrected chi connectivity index (χ4v) is 3.47. The van der Waals surface area contributed by atoms with Crippen molar-refractivity contribution in [1.29, 1.82) is 0 Å². The Balaban J connectivity index is 1.39. The van der Waals surface area contributed by atoms with Gasteiger partial charge in [-0.2, -0.15) is 0 Å². The van der Waals surface area contributed by atoms with Crippen molar-refractivity contribution in [2.75, 3.05) is 5.32 Å². The Morgan fingerprint density at radius 1 is 1.15 bits per heavy atom. The molecule has 0 spiro atoms. The Labute approximate surface area is 163 Å². The van der Waals surface area contributed by atoms with Crippen LogP contribution in [0.5, 0.6) is 5.75 Å². The molecule has 3 aromatic rings. The lowest BCUT2D eigenvalue weighted by Crippen LogP contribution is -2.12. The maximum absolute atomic E-state index is 12.4. The van der Waals surface area contributed by atoms with Crippen molar-refractivity contribution in [2.45, 2.75) is 32.8 Å². The summed E-state index contributed by atoms with van der Waals surface area (Å²) in [5, 5.41) is 3.43. The summed E-state index contributed by atoms with van der Waals surface area (Å²) in [6.07, 6.45) is 3.47. The molecule has 0 saturated heterocycles. The number of carbonyl (C=O) groups is 1. The van der Waals surface area contributed by atoms with E-state index in [0.29, 0.717) is 16.5 Å². The molecule has 27 heavy (non-hydrogen) atoms. The maximum Gasteiger partial charge on any atom is 0.291 e. The van der Waals surface area contributed by atoms with E-state index in [0.717, 1.165) is 24.2 Å². The number of ether oxygens (including phenoxy) is 1. The van der Waals surface area contributed by atoms with Gasteiger partial charge >= 0.3 is 0 Å². The summed E-state index contributed by atoms with van der Waals surface area (Å²) in [5.41, 5.74) is 4.26. The highest BCUT2D eigenvalue weighted by molar-refractivity contribution is 6.31. The van der Waals surface area contributed by atoms with Gasteiger partial charge in [0.15, 0.2) is 5.76 Å². The highest BCUT2D eigenvalue weighted by Gasteiger charge is 2.15.